The summed E-state index contributed by atoms with van der Waals surface area (Å²) in [5, 5.41) is 3.02. The van der Waals surface area contributed by atoms with Crippen LogP contribution >= 0.6 is 0 Å². The van der Waals surface area contributed by atoms with Gasteiger partial charge in [0.15, 0.2) is 11.5 Å². The Morgan fingerprint density at radius 2 is 1.92 bits per heavy atom. The minimum absolute atomic E-state index is 0.00876. The highest BCUT2D eigenvalue weighted by Crippen LogP contribution is 2.28. The van der Waals surface area contributed by atoms with E-state index in [-0.39, 0.29) is 18.1 Å². The number of ether oxygens (including phenoxy) is 2. The third-order valence-corrected chi connectivity index (χ3v) is 4.44. The van der Waals surface area contributed by atoms with Crippen molar-refractivity contribution in [2.24, 2.45) is 0 Å². The average molecular weight is 356 g/mol. The number of hydrogen-bond donors (Lipinski definition) is 3. The van der Waals surface area contributed by atoms with E-state index in [4.69, 9.17) is 9.47 Å². The van der Waals surface area contributed by atoms with Crippen molar-refractivity contribution in [3.63, 3.8) is 0 Å². The van der Waals surface area contributed by atoms with E-state index in [9.17, 15) is 4.79 Å². The summed E-state index contributed by atoms with van der Waals surface area (Å²) in [6, 6.07) is 9.81. The van der Waals surface area contributed by atoms with Gasteiger partial charge in [0.2, 0.25) is 5.91 Å². The van der Waals surface area contributed by atoms with Gasteiger partial charge in [-0.3, -0.25) is 9.78 Å². The summed E-state index contributed by atoms with van der Waals surface area (Å²) < 4.78 is 10.5. The highest BCUT2D eigenvalue weighted by atomic mass is 16.5. The van der Waals surface area contributed by atoms with Crippen molar-refractivity contribution in [1.29, 1.82) is 0 Å². The number of hydrazine groups is 1. The second-order valence-corrected chi connectivity index (χ2v) is 6.17. The quantitative estimate of drug-likeness (QED) is 0.700. The molecule has 0 aliphatic carbocycles. The maximum absolute atomic E-state index is 12.2. The van der Waals surface area contributed by atoms with Crippen molar-refractivity contribution in [1.82, 2.24) is 21.2 Å². The maximum Gasteiger partial charge on any atom is 0.221 e. The van der Waals surface area contributed by atoms with Crippen LogP contribution in [0, 0.1) is 0 Å². The van der Waals surface area contributed by atoms with Crippen molar-refractivity contribution >= 4 is 5.91 Å². The molecule has 7 nitrogen and oxygen atoms in total. The van der Waals surface area contributed by atoms with E-state index in [0.717, 1.165) is 17.5 Å². The van der Waals surface area contributed by atoms with Gasteiger partial charge < -0.3 is 14.8 Å². The molecule has 0 saturated carbocycles. The van der Waals surface area contributed by atoms with Crippen LogP contribution < -0.4 is 25.6 Å². The van der Waals surface area contributed by atoms with Crippen LogP contribution in [-0.2, 0) is 11.2 Å². The SMILES string of the molecule is COc1ccc(CCC(=O)NC2CC(c3ccncc3)NN2)cc1OC. The van der Waals surface area contributed by atoms with Gasteiger partial charge in [-0.1, -0.05) is 6.07 Å². The van der Waals surface area contributed by atoms with Crippen molar-refractivity contribution in [3.8, 4) is 11.5 Å². The van der Waals surface area contributed by atoms with Gasteiger partial charge in [-0.15, -0.1) is 0 Å². The zero-order valence-corrected chi connectivity index (χ0v) is 15.0. The second kappa shape index (κ2) is 8.64. The predicted molar refractivity (Wildman–Crippen MR) is 97.7 cm³/mol. The van der Waals surface area contributed by atoms with Crippen LogP contribution in [0.3, 0.4) is 0 Å². The molecule has 1 aliphatic heterocycles. The fraction of sp³-hybridized carbons (Fsp3) is 0.368. The minimum Gasteiger partial charge on any atom is -0.493 e. The topological polar surface area (TPSA) is 84.5 Å². The summed E-state index contributed by atoms with van der Waals surface area (Å²) >= 11 is 0. The number of hydrogen-bond acceptors (Lipinski definition) is 6. The predicted octanol–water partition coefficient (Wildman–Crippen LogP) is 1.71. The molecule has 1 aromatic heterocycles. The number of nitrogens with zero attached hydrogens (tertiary/aromatic N) is 1. The van der Waals surface area contributed by atoms with Crippen molar-refractivity contribution in [2.75, 3.05) is 14.2 Å². The number of amides is 1. The Bertz CT molecular complexity index is 739. The fourth-order valence-electron chi connectivity index (χ4n) is 3.03. The molecule has 26 heavy (non-hydrogen) atoms. The number of carbonyl (C=O) groups is 1. The van der Waals surface area contributed by atoms with Crippen LogP contribution in [0.25, 0.3) is 0 Å². The van der Waals surface area contributed by atoms with Crippen LogP contribution in [0.15, 0.2) is 42.7 Å². The monoisotopic (exact) mass is 356 g/mol. The molecule has 3 rings (SSSR count). The van der Waals surface area contributed by atoms with E-state index in [1.54, 1.807) is 26.6 Å². The molecule has 3 N–H and O–H groups in total. The van der Waals surface area contributed by atoms with Crippen LogP contribution in [0.4, 0.5) is 0 Å². The molecule has 2 heterocycles. The molecule has 1 fully saturated rings. The van der Waals surface area contributed by atoms with Gasteiger partial charge in [0, 0.05) is 31.3 Å². The molecule has 1 aromatic carbocycles. The minimum atomic E-state index is -0.0916. The van der Waals surface area contributed by atoms with E-state index in [1.807, 2.05) is 30.3 Å². The molecule has 0 spiro atoms. The highest BCUT2D eigenvalue weighted by Gasteiger charge is 2.25. The highest BCUT2D eigenvalue weighted by molar-refractivity contribution is 5.76. The maximum atomic E-state index is 12.2. The molecule has 0 bridgehead atoms. The Morgan fingerprint density at radius 3 is 2.65 bits per heavy atom. The largest absolute Gasteiger partial charge is 0.493 e. The number of aromatic nitrogens is 1. The van der Waals surface area contributed by atoms with Gasteiger partial charge in [-0.25, -0.2) is 10.9 Å². The van der Waals surface area contributed by atoms with Gasteiger partial charge >= 0.3 is 0 Å². The Balaban J connectivity index is 1.48. The smallest absolute Gasteiger partial charge is 0.221 e. The number of aryl methyl sites for hydroxylation is 1. The summed E-state index contributed by atoms with van der Waals surface area (Å²) in [7, 11) is 3.21. The number of rotatable bonds is 7. The van der Waals surface area contributed by atoms with Crippen molar-refractivity contribution in [2.45, 2.75) is 31.5 Å². The number of nitrogens with one attached hydrogen (secondary N) is 3. The molecular weight excluding hydrogens is 332 g/mol. The standard InChI is InChI=1S/C19H24N4O3/c1-25-16-5-3-13(11-17(16)26-2)4-6-19(24)21-18-12-15(22-23-18)14-7-9-20-10-8-14/h3,5,7-11,15,18,22-23H,4,6,12H2,1-2H3,(H,21,24). The summed E-state index contributed by atoms with van der Waals surface area (Å²) in [5.41, 5.74) is 8.52. The summed E-state index contributed by atoms with van der Waals surface area (Å²) in [5.74, 6) is 1.37. The van der Waals surface area contributed by atoms with E-state index < -0.39 is 0 Å². The lowest BCUT2D eigenvalue weighted by Crippen LogP contribution is -2.44. The molecule has 1 aliphatic rings. The molecule has 2 unspecified atom stereocenters. The molecule has 7 heteroatoms. The molecule has 2 aromatic rings. The van der Waals surface area contributed by atoms with Gasteiger partial charge in [0.25, 0.3) is 0 Å². The Hall–Kier alpha value is -2.64. The van der Waals surface area contributed by atoms with Crippen LogP contribution in [-0.4, -0.2) is 31.3 Å². The molecular formula is C19H24N4O3. The Morgan fingerprint density at radius 1 is 1.15 bits per heavy atom. The summed E-state index contributed by atoms with van der Waals surface area (Å²) in [6.07, 6.45) is 5.28. The van der Waals surface area contributed by atoms with E-state index in [1.165, 1.54) is 0 Å². The number of methoxy groups -OCH3 is 2. The molecule has 0 radical (unpaired) electrons. The normalized spacial score (nSPS) is 19.2. The molecule has 1 saturated heterocycles. The lowest BCUT2D eigenvalue weighted by molar-refractivity contribution is -0.121. The van der Waals surface area contributed by atoms with E-state index in [2.05, 4.69) is 21.2 Å². The van der Waals surface area contributed by atoms with Gasteiger partial charge in [0.1, 0.15) is 0 Å². The van der Waals surface area contributed by atoms with Gasteiger partial charge in [-0.2, -0.15) is 0 Å². The van der Waals surface area contributed by atoms with E-state index >= 15 is 0 Å². The lowest BCUT2D eigenvalue weighted by Gasteiger charge is -2.13. The van der Waals surface area contributed by atoms with Crippen LogP contribution in [0.1, 0.15) is 30.0 Å². The van der Waals surface area contributed by atoms with Crippen LogP contribution in [0.2, 0.25) is 0 Å². The summed E-state index contributed by atoms with van der Waals surface area (Å²) in [6.45, 7) is 0. The summed E-state index contributed by atoms with van der Waals surface area (Å²) in [4.78, 5) is 16.3. The van der Waals surface area contributed by atoms with Crippen LogP contribution in [0.5, 0.6) is 11.5 Å². The third kappa shape index (κ3) is 4.50. The lowest BCUT2D eigenvalue weighted by atomic mass is 10.1. The van der Waals surface area contributed by atoms with Crippen molar-refractivity contribution < 1.29 is 14.3 Å². The van der Waals surface area contributed by atoms with Gasteiger partial charge in [-0.05, 0) is 41.8 Å². The number of pyridine rings is 1. The molecule has 2 atom stereocenters. The third-order valence-electron chi connectivity index (χ3n) is 4.44. The molecule has 138 valence electrons. The second-order valence-electron chi connectivity index (χ2n) is 6.17. The first-order valence-corrected chi connectivity index (χ1v) is 8.61. The zero-order chi connectivity index (χ0) is 18.4. The van der Waals surface area contributed by atoms with Crippen molar-refractivity contribution in [3.05, 3.63) is 53.9 Å². The first-order chi connectivity index (χ1) is 12.7. The first kappa shape index (κ1) is 18.2. The van der Waals surface area contributed by atoms with E-state index in [0.29, 0.717) is 24.3 Å². The zero-order valence-electron chi connectivity index (χ0n) is 15.0. The first-order valence-electron chi connectivity index (χ1n) is 8.61. The number of benzene rings is 1. The average Bonchev–Trinajstić information content (AvgIpc) is 3.15. The fourth-order valence-corrected chi connectivity index (χ4v) is 3.03. The Kier molecular flexibility index (Phi) is 6.04. The number of carbonyl (C=O) groups excluding carboxylic acids is 1. The van der Waals surface area contributed by atoms with Gasteiger partial charge in [0.05, 0.1) is 20.4 Å². The Labute approximate surface area is 153 Å². The molecule has 1 amide bonds.